The van der Waals surface area contributed by atoms with Crippen molar-refractivity contribution in [2.24, 2.45) is 4.99 Å². The molecule has 2 atom stereocenters. The molecule has 0 radical (unpaired) electrons. The van der Waals surface area contributed by atoms with Gasteiger partial charge in [0.25, 0.3) is 0 Å². The van der Waals surface area contributed by atoms with Gasteiger partial charge in [-0.15, -0.1) is 24.0 Å². The molecule has 0 saturated carbocycles. The van der Waals surface area contributed by atoms with E-state index in [0.717, 1.165) is 57.1 Å². The van der Waals surface area contributed by atoms with E-state index in [1.165, 1.54) is 11.1 Å². The number of hydrogen-bond donors (Lipinski definition) is 3. The van der Waals surface area contributed by atoms with Crippen LogP contribution in [0, 0.1) is 6.92 Å². The quantitative estimate of drug-likeness (QED) is 0.220. The number of nitrogens with one attached hydrogen (secondary N) is 3. The third-order valence-electron chi connectivity index (χ3n) is 5.43. The van der Waals surface area contributed by atoms with Gasteiger partial charge in [-0.2, -0.15) is 5.10 Å². The lowest BCUT2D eigenvalue weighted by Gasteiger charge is -2.21. The van der Waals surface area contributed by atoms with Gasteiger partial charge in [-0.3, -0.25) is 15.0 Å². The van der Waals surface area contributed by atoms with Crippen LogP contribution in [0.2, 0.25) is 0 Å². The Hall–Kier alpha value is -1.61. The number of benzene rings is 1. The molecular formula is C22H35IN6. The summed E-state index contributed by atoms with van der Waals surface area (Å²) in [7, 11) is 0. The molecule has 1 aliphatic heterocycles. The first-order chi connectivity index (χ1) is 13.7. The number of likely N-dealkylation sites (tertiary alicyclic amines) is 1. The predicted molar refractivity (Wildman–Crippen MR) is 131 cm³/mol. The summed E-state index contributed by atoms with van der Waals surface area (Å²) in [6.45, 7) is 10.3. The highest BCUT2D eigenvalue weighted by Crippen LogP contribution is 2.20. The van der Waals surface area contributed by atoms with Gasteiger partial charge in [0.1, 0.15) is 0 Å². The van der Waals surface area contributed by atoms with Gasteiger partial charge in [0.2, 0.25) is 0 Å². The SMILES string of the molecule is CCNC(=NCCCc1cn[nH]c1C)NC1CC(C)N(Cc2ccccc2)C1.I. The van der Waals surface area contributed by atoms with Crippen LogP contribution in [-0.2, 0) is 13.0 Å². The van der Waals surface area contributed by atoms with E-state index in [0.29, 0.717) is 12.1 Å². The number of halogens is 1. The molecule has 0 bridgehead atoms. The van der Waals surface area contributed by atoms with Crippen LogP contribution >= 0.6 is 24.0 Å². The molecule has 1 saturated heterocycles. The zero-order valence-electron chi connectivity index (χ0n) is 17.8. The average molecular weight is 510 g/mol. The summed E-state index contributed by atoms with van der Waals surface area (Å²) in [5.74, 6) is 0.935. The summed E-state index contributed by atoms with van der Waals surface area (Å²) in [5.41, 5.74) is 3.83. The van der Waals surface area contributed by atoms with Gasteiger partial charge < -0.3 is 10.6 Å². The van der Waals surface area contributed by atoms with Crippen molar-refractivity contribution in [2.75, 3.05) is 19.6 Å². The van der Waals surface area contributed by atoms with Crippen LogP contribution in [0.3, 0.4) is 0 Å². The topological polar surface area (TPSA) is 68.3 Å². The Bertz CT molecular complexity index is 745. The van der Waals surface area contributed by atoms with E-state index in [2.05, 4.69) is 76.8 Å². The Morgan fingerprint density at radius 1 is 1.31 bits per heavy atom. The van der Waals surface area contributed by atoms with Crippen LogP contribution < -0.4 is 10.6 Å². The number of rotatable bonds is 8. The molecule has 29 heavy (non-hydrogen) atoms. The third kappa shape index (κ3) is 7.29. The van der Waals surface area contributed by atoms with Crippen molar-refractivity contribution in [1.29, 1.82) is 0 Å². The van der Waals surface area contributed by atoms with Crippen LogP contribution in [0.4, 0.5) is 0 Å². The highest BCUT2D eigenvalue weighted by atomic mass is 127. The molecule has 3 N–H and O–H groups in total. The Morgan fingerprint density at radius 3 is 2.79 bits per heavy atom. The molecule has 1 aromatic carbocycles. The van der Waals surface area contributed by atoms with E-state index >= 15 is 0 Å². The van der Waals surface area contributed by atoms with Crippen LogP contribution in [0.15, 0.2) is 41.5 Å². The second kappa shape index (κ2) is 12.2. The number of guanidine groups is 1. The summed E-state index contributed by atoms with van der Waals surface area (Å²) < 4.78 is 0. The zero-order valence-corrected chi connectivity index (χ0v) is 20.1. The second-order valence-electron chi connectivity index (χ2n) is 7.73. The summed E-state index contributed by atoms with van der Waals surface area (Å²) in [4.78, 5) is 7.34. The van der Waals surface area contributed by atoms with Gasteiger partial charge in [0.05, 0.1) is 6.20 Å². The Morgan fingerprint density at radius 2 is 2.10 bits per heavy atom. The van der Waals surface area contributed by atoms with E-state index in [1.54, 1.807) is 0 Å². The Labute approximate surface area is 192 Å². The number of aliphatic imine (C=N–C) groups is 1. The van der Waals surface area contributed by atoms with Crippen molar-refractivity contribution in [3.63, 3.8) is 0 Å². The maximum Gasteiger partial charge on any atom is 0.191 e. The summed E-state index contributed by atoms with van der Waals surface area (Å²) in [6, 6.07) is 11.7. The van der Waals surface area contributed by atoms with Crippen molar-refractivity contribution in [2.45, 2.75) is 58.7 Å². The third-order valence-corrected chi connectivity index (χ3v) is 5.43. The van der Waals surface area contributed by atoms with Crippen molar-refractivity contribution in [3.05, 3.63) is 53.3 Å². The first-order valence-corrected chi connectivity index (χ1v) is 10.5. The van der Waals surface area contributed by atoms with Crippen molar-refractivity contribution in [3.8, 4) is 0 Å². The summed E-state index contributed by atoms with van der Waals surface area (Å²) in [5, 5.41) is 14.1. The van der Waals surface area contributed by atoms with Crippen LogP contribution in [0.25, 0.3) is 0 Å². The van der Waals surface area contributed by atoms with E-state index in [1.807, 2.05) is 6.20 Å². The van der Waals surface area contributed by atoms with Gasteiger partial charge in [-0.1, -0.05) is 30.3 Å². The minimum atomic E-state index is 0. The van der Waals surface area contributed by atoms with E-state index in [9.17, 15) is 0 Å². The average Bonchev–Trinajstić information content (AvgIpc) is 3.25. The monoisotopic (exact) mass is 510 g/mol. The van der Waals surface area contributed by atoms with Crippen molar-refractivity contribution in [1.82, 2.24) is 25.7 Å². The molecule has 1 aliphatic rings. The lowest BCUT2D eigenvalue weighted by atomic mass is 10.1. The number of H-pyrrole nitrogens is 1. The van der Waals surface area contributed by atoms with E-state index in [4.69, 9.17) is 4.99 Å². The van der Waals surface area contributed by atoms with Gasteiger partial charge >= 0.3 is 0 Å². The number of hydrogen-bond acceptors (Lipinski definition) is 3. The summed E-state index contributed by atoms with van der Waals surface area (Å²) in [6.07, 6.45) is 5.10. The standard InChI is InChI=1S/C22H34N6.HI/c1-4-23-22(24-12-8-11-20-14-25-27-18(20)3)26-21-13-17(2)28(16-21)15-19-9-6-5-7-10-19;/h5-7,9-10,14,17,21H,4,8,11-13,15-16H2,1-3H3,(H,25,27)(H2,23,24,26);1H. The first-order valence-electron chi connectivity index (χ1n) is 10.5. The zero-order chi connectivity index (χ0) is 19.8. The molecule has 0 amide bonds. The van der Waals surface area contributed by atoms with Crippen LogP contribution in [0.1, 0.15) is 43.5 Å². The fourth-order valence-corrected chi connectivity index (χ4v) is 3.84. The van der Waals surface area contributed by atoms with Gasteiger partial charge in [0.15, 0.2) is 5.96 Å². The van der Waals surface area contributed by atoms with Crippen molar-refractivity contribution >= 4 is 29.9 Å². The largest absolute Gasteiger partial charge is 0.357 e. The van der Waals surface area contributed by atoms with E-state index in [-0.39, 0.29) is 24.0 Å². The van der Waals surface area contributed by atoms with Gasteiger partial charge in [0, 0.05) is 44.0 Å². The molecule has 2 aromatic rings. The molecule has 2 heterocycles. The Kier molecular flexibility index (Phi) is 9.93. The number of aromatic amines is 1. The van der Waals surface area contributed by atoms with Crippen LogP contribution in [0.5, 0.6) is 0 Å². The molecule has 6 nitrogen and oxygen atoms in total. The fraction of sp³-hybridized carbons (Fsp3) is 0.545. The van der Waals surface area contributed by atoms with Crippen molar-refractivity contribution < 1.29 is 0 Å². The van der Waals surface area contributed by atoms with Gasteiger partial charge in [-0.05, 0) is 51.2 Å². The molecule has 3 rings (SSSR count). The molecular weight excluding hydrogens is 475 g/mol. The highest BCUT2D eigenvalue weighted by Gasteiger charge is 2.29. The highest BCUT2D eigenvalue weighted by molar-refractivity contribution is 14.0. The molecule has 7 heteroatoms. The normalized spacial score (nSPS) is 19.8. The van der Waals surface area contributed by atoms with E-state index < -0.39 is 0 Å². The molecule has 0 aliphatic carbocycles. The fourth-order valence-electron chi connectivity index (χ4n) is 3.84. The molecule has 160 valence electrons. The number of aryl methyl sites for hydroxylation is 2. The maximum absolute atomic E-state index is 4.79. The second-order valence-corrected chi connectivity index (χ2v) is 7.73. The summed E-state index contributed by atoms with van der Waals surface area (Å²) >= 11 is 0. The minimum absolute atomic E-state index is 0. The maximum atomic E-state index is 4.79. The smallest absolute Gasteiger partial charge is 0.191 e. The lowest BCUT2D eigenvalue weighted by Crippen LogP contribution is -2.44. The number of nitrogens with zero attached hydrogens (tertiary/aromatic N) is 3. The minimum Gasteiger partial charge on any atom is -0.357 e. The van der Waals surface area contributed by atoms with Crippen LogP contribution in [-0.4, -0.2) is 52.8 Å². The lowest BCUT2D eigenvalue weighted by molar-refractivity contribution is 0.258. The molecule has 0 spiro atoms. The Balaban J connectivity index is 0.00000300. The first kappa shape index (κ1) is 23.7. The number of aromatic nitrogens is 2. The predicted octanol–water partition coefficient (Wildman–Crippen LogP) is 3.49. The molecule has 1 fully saturated rings. The molecule has 2 unspecified atom stereocenters. The molecule has 1 aromatic heterocycles. The van der Waals surface area contributed by atoms with Gasteiger partial charge in [-0.25, -0.2) is 0 Å².